The first-order valence-electron chi connectivity index (χ1n) is 10.4. The molecule has 1 spiro atoms. The summed E-state index contributed by atoms with van der Waals surface area (Å²) in [5, 5.41) is 10.8. The Labute approximate surface area is 150 Å². The molecule has 1 N–H and O–H groups in total. The first kappa shape index (κ1) is 15.0. The topological polar surface area (TPSA) is 32.7 Å². The molecule has 2 saturated carbocycles. The summed E-state index contributed by atoms with van der Waals surface area (Å²) < 4.78 is 6.50. The van der Waals surface area contributed by atoms with Crippen molar-refractivity contribution in [2.45, 2.75) is 75.5 Å². The standard InChI is InChI=1S/C22H29NO2/c1-13-5-6-15-11-17-16-7-8-18(24)21-22(16,19(15)20(13)25-21)9-10-23(17)12-14-3-2-4-14/h5-6,14,16-18,21,24H,2-4,7-12H2,1H3/t16-,17+,18?,21-,22-/m1/s1. The Morgan fingerprint density at radius 3 is 2.92 bits per heavy atom. The molecule has 3 heteroatoms. The van der Waals surface area contributed by atoms with Crippen LogP contribution in [-0.4, -0.2) is 41.3 Å². The number of rotatable bonds is 2. The van der Waals surface area contributed by atoms with Crippen LogP contribution in [-0.2, 0) is 11.8 Å². The summed E-state index contributed by atoms with van der Waals surface area (Å²) in [6.07, 6.45) is 8.44. The third-order valence-electron chi connectivity index (χ3n) is 8.34. The highest BCUT2D eigenvalue weighted by Crippen LogP contribution is 2.62. The Bertz CT molecular complexity index is 727. The fraction of sp³-hybridized carbons (Fsp3) is 0.727. The van der Waals surface area contributed by atoms with Gasteiger partial charge in [-0.05, 0) is 75.0 Å². The summed E-state index contributed by atoms with van der Waals surface area (Å²) in [6, 6.07) is 5.26. The highest BCUT2D eigenvalue weighted by atomic mass is 16.5. The van der Waals surface area contributed by atoms with Crippen LogP contribution in [0, 0.1) is 18.8 Å². The molecule has 3 nitrogen and oxygen atoms in total. The second-order valence-corrected chi connectivity index (χ2v) is 9.39. The number of ether oxygens (including phenoxy) is 1. The van der Waals surface area contributed by atoms with E-state index in [1.165, 1.54) is 68.3 Å². The molecular formula is C22H29NO2. The fourth-order valence-corrected chi connectivity index (χ4v) is 6.98. The zero-order chi connectivity index (χ0) is 16.8. The Morgan fingerprint density at radius 2 is 2.12 bits per heavy atom. The molecular weight excluding hydrogens is 310 g/mol. The Balaban J connectivity index is 1.48. The maximum absolute atomic E-state index is 10.8. The van der Waals surface area contributed by atoms with Crippen molar-refractivity contribution in [3.8, 4) is 5.75 Å². The highest BCUT2D eigenvalue weighted by molar-refractivity contribution is 5.58. The number of hydrogen-bond donors (Lipinski definition) is 1. The van der Waals surface area contributed by atoms with Crippen LogP contribution in [0.2, 0.25) is 0 Å². The molecule has 1 aromatic rings. The molecule has 6 rings (SSSR count). The van der Waals surface area contributed by atoms with Gasteiger partial charge in [0.15, 0.2) is 0 Å². The first-order chi connectivity index (χ1) is 12.2. The van der Waals surface area contributed by atoms with E-state index in [0.29, 0.717) is 12.0 Å². The zero-order valence-corrected chi connectivity index (χ0v) is 15.2. The molecule has 0 amide bonds. The largest absolute Gasteiger partial charge is 0.486 e. The van der Waals surface area contributed by atoms with Gasteiger partial charge in [0.25, 0.3) is 0 Å². The summed E-state index contributed by atoms with van der Waals surface area (Å²) in [4.78, 5) is 2.83. The summed E-state index contributed by atoms with van der Waals surface area (Å²) in [5.41, 5.74) is 4.36. The van der Waals surface area contributed by atoms with E-state index < -0.39 is 0 Å². The average molecular weight is 339 g/mol. The van der Waals surface area contributed by atoms with Crippen molar-refractivity contribution in [3.05, 3.63) is 28.8 Å². The minimum atomic E-state index is -0.298. The molecule has 3 fully saturated rings. The molecule has 5 atom stereocenters. The Hall–Kier alpha value is -1.06. The number of nitrogens with zero attached hydrogens (tertiary/aromatic N) is 1. The van der Waals surface area contributed by atoms with Gasteiger partial charge in [0.05, 0.1) is 6.10 Å². The van der Waals surface area contributed by atoms with Crippen LogP contribution >= 0.6 is 0 Å². The lowest BCUT2D eigenvalue weighted by Gasteiger charge is -2.59. The van der Waals surface area contributed by atoms with E-state index in [4.69, 9.17) is 4.74 Å². The molecule has 1 unspecified atom stereocenters. The predicted octanol–water partition coefficient (Wildman–Crippen LogP) is 3.20. The van der Waals surface area contributed by atoms with E-state index in [1.54, 1.807) is 0 Å². The van der Waals surface area contributed by atoms with E-state index in [-0.39, 0.29) is 17.6 Å². The van der Waals surface area contributed by atoms with Crippen molar-refractivity contribution in [2.75, 3.05) is 13.1 Å². The van der Waals surface area contributed by atoms with E-state index >= 15 is 0 Å². The number of benzene rings is 1. The Morgan fingerprint density at radius 1 is 1.24 bits per heavy atom. The van der Waals surface area contributed by atoms with Gasteiger partial charge < -0.3 is 9.84 Å². The van der Waals surface area contributed by atoms with Gasteiger partial charge in [0, 0.05) is 23.6 Å². The van der Waals surface area contributed by atoms with E-state index in [2.05, 4.69) is 24.0 Å². The quantitative estimate of drug-likeness (QED) is 0.898. The number of aryl methyl sites for hydroxylation is 1. The maximum atomic E-state index is 10.8. The van der Waals surface area contributed by atoms with Crippen LogP contribution in [0.3, 0.4) is 0 Å². The summed E-state index contributed by atoms with van der Waals surface area (Å²) in [6.45, 7) is 4.67. The van der Waals surface area contributed by atoms with Gasteiger partial charge >= 0.3 is 0 Å². The molecule has 1 saturated heterocycles. The van der Waals surface area contributed by atoms with Crippen LogP contribution in [0.15, 0.2) is 12.1 Å². The fourth-order valence-electron chi connectivity index (χ4n) is 6.98. The summed E-state index contributed by atoms with van der Waals surface area (Å²) in [7, 11) is 0. The third-order valence-corrected chi connectivity index (χ3v) is 8.34. The molecule has 5 aliphatic rings. The van der Waals surface area contributed by atoms with Gasteiger partial charge in [0.2, 0.25) is 0 Å². The highest BCUT2D eigenvalue weighted by Gasteiger charge is 2.65. The van der Waals surface area contributed by atoms with Crippen LogP contribution in [0.4, 0.5) is 0 Å². The second-order valence-electron chi connectivity index (χ2n) is 9.39. The van der Waals surface area contributed by atoms with Crippen molar-refractivity contribution in [3.63, 3.8) is 0 Å². The molecule has 0 aromatic heterocycles. The number of hydrogen-bond acceptors (Lipinski definition) is 3. The average Bonchev–Trinajstić information content (AvgIpc) is 2.92. The minimum Gasteiger partial charge on any atom is -0.486 e. The molecule has 2 heterocycles. The van der Waals surface area contributed by atoms with Crippen molar-refractivity contribution in [2.24, 2.45) is 11.8 Å². The van der Waals surface area contributed by atoms with Crippen molar-refractivity contribution >= 4 is 0 Å². The third kappa shape index (κ3) is 1.79. The lowest BCUT2D eigenvalue weighted by molar-refractivity contribution is -0.107. The predicted molar refractivity (Wildman–Crippen MR) is 97.0 cm³/mol. The van der Waals surface area contributed by atoms with E-state index in [0.717, 1.165) is 18.1 Å². The SMILES string of the molecule is Cc1ccc2c3c1O[C@@H]1C(O)CC[C@@H]4[C@H](C2)N(CC2CCC2)CC[C@@]314. The number of aliphatic hydroxyl groups is 1. The van der Waals surface area contributed by atoms with Crippen molar-refractivity contribution in [1.29, 1.82) is 0 Å². The van der Waals surface area contributed by atoms with E-state index in [9.17, 15) is 5.11 Å². The van der Waals surface area contributed by atoms with Crippen LogP contribution in [0.1, 0.15) is 55.2 Å². The van der Waals surface area contributed by atoms with Gasteiger partial charge in [-0.1, -0.05) is 18.6 Å². The smallest absolute Gasteiger partial charge is 0.135 e. The van der Waals surface area contributed by atoms with Gasteiger partial charge in [-0.3, -0.25) is 4.90 Å². The molecule has 2 aliphatic heterocycles. The number of likely N-dealkylation sites (tertiary alicyclic amines) is 1. The van der Waals surface area contributed by atoms with Crippen LogP contribution in [0.5, 0.6) is 5.75 Å². The van der Waals surface area contributed by atoms with Gasteiger partial charge in [-0.2, -0.15) is 0 Å². The lowest BCUT2D eigenvalue weighted by Crippen LogP contribution is -2.67. The van der Waals surface area contributed by atoms with Crippen LogP contribution in [0.25, 0.3) is 0 Å². The van der Waals surface area contributed by atoms with Crippen LogP contribution < -0.4 is 4.74 Å². The molecule has 25 heavy (non-hydrogen) atoms. The Kier molecular flexibility index (Phi) is 3.02. The van der Waals surface area contributed by atoms with E-state index in [1.807, 2.05) is 0 Å². The van der Waals surface area contributed by atoms with Gasteiger partial charge in [0.1, 0.15) is 11.9 Å². The maximum Gasteiger partial charge on any atom is 0.135 e. The molecule has 0 radical (unpaired) electrons. The monoisotopic (exact) mass is 339 g/mol. The minimum absolute atomic E-state index is 0.00486. The summed E-state index contributed by atoms with van der Waals surface area (Å²) >= 11 is 0. The first-order valence-corrected chi connectivity index (χ1v) is 10.4. The lowest BCUT2D eigenvalue weighted by atomic mass is 9.51. The molecule has 1 aromatic carbocycles. The zero-order valence-electron chi connectivity index (χ0n) is 15.2. The molecule has 134 valence electrons. The number of piperidine rings is 1. The van der Waals surface area contributed by atoms with Crippen molar-refractivity contribution in [1.82, 2.24) is 4.90 Å². The number of aliphatic hydroxyl groups excluding tert-OH is 1. The van der Waals surface area contributed by atoms with Gasteiger partial charge in [-0.25, -0.2) is 0 Å². The summed E-state index contributed by atoms with van der Waals surface area (Å²) in [5.74, 6) is 2.73. The molecule has 3 aliphatic carbocycles. The normalized spacial score (nSPS) is 41.8. The molecule has 2 bridgehead atoms. The van der Waals surface area contributed by atoms with Gasteiger partial charge in [-0.15, -0.1) is 0 Å². The second kappa shape index (κ2) is 5.01. The van der Waals surface area contributed by atoms with Crippen molar-refractivity contribution < 1.29 is 9.84 Å².